The van der Waals surface area contributed by atoms with E-state index in [9.17, 15) is 9.59 Å². The molecule has 8 heteroatoms. The van der Waals surface area contributed by atoms with Crippen molar-refractivity contribution in [2.45, 2.75) is 33.2 Å². The van der Waals surface area contributed by atoms with E-state index in [4.69, 9.17) is 14.5 Å². The van der Waals surface area contributed by atoms with Gasteiger partial charge in [-0.25, -0.2) is 9.79 Å². The smallest absolute Gasteiger partial charge is 0.338 e. The first kappa shape index (κ1) is 25.3. The Morgan fingerprint density at radius 1 is 1.11 bits per heavy atom. The van der Waals surface area contributed by atoms with E-state index in [-0.39, 0.29) is 18.9 Å². The molecule has 0 aliphatic carbocycles. The van der Waals surface area contributed by atoms with Gasteiger partial charge in [-0.2, -0.15) is 0 Å². The van der Waals surface area contributed by atoms with E-state index in [2.05, 4.69) is 30.0 Å². The van der Waals surface area contributed by atoms with Crippen molar-refractivity contribution in [1.29, 1.82) is 0 Å². The molecule has 1 fully saturated rings. The molecule has 2 aromatic carbocycles. The molecule has 0 N–H and O–H groups in total. The second kappa shape index (κ2) is 10.9. The lowest BCUT2D eigenvalue weighted by molar-refractivity contribution is -0.139. The molecule has 0 unspecified atom stereocenters. The normalized spacial score (nSPS) is 19.4. The van der Waals surface area contributed by atoms with Crippen LogP contribution in [-0.4, -0.2) is 59.8 Å². The third-order valence-electron chi connectivity index (χ3n) is 6.78. The van der Waals surface area contributed by atoms with Crippen LogP contribution in [0.25, 0.3) is 5.70 Å². The van der Waals surface area contributed by atoms with Gasteiger partial charge in [0, 0.05) is 24.4 Å². The van der Waals surface area contributed by atoms with Gasteiger partial charge in [0.15, 0.2) is 5.17 Å². The quantitative estimate of drug-likeness (QED) is 0.512. The summed E-state index contributed by atoms with van der Waals surface area (Å²) in [4.78, 5) is 35.8. The topological polar surface area (TPSA) is 71.4 Å². The number of aliphatic imine (C=N–C) groups is 1. The molecule has 7 nitrogen and oxygen atoms in total. The molecular weight excluding hydrogens is 486 g/mol. The summed E-state index contributed by atoms with van der Waals surface area (Å²) in [7, 11) is 0. The Bertz CT molecular complexity index is 1300. The van der Waals surface area contributed by atoms with E-state index < -0.39 is 12.0 Å². The first-order chi connectivity index (χ1) is 18.0. The van der Waals surface area contributed by atoms with Crippen molar-refractivity contribution >= 4 is 34.5 Å². The molecule has 0 saturated carbocycles. The summed E-state index contributed by atoms with van der Waals surface area (Å²) in [6.45, 7) is 8.45. The molecule has 0 spiro atoms. The number of rotatable bonds is 6. The maximum atomic E-state index is 13.6. The first-order valence-electron chi connectivity index (χ1n) is 12.6. The van der Waals surface area contributed by atoms with Gasteiger partial charge in [0.1, 0.15) is 0 Å². The van der Waals surface area contributed by atoms with Crippen molar-refractivity contribution < 1.29 is 19.1 Å². The Morgan fingerprint density at radius 2 is 1.86 bits per heavy atom. The number of benzene rings is 2. The molecule has 0 bridgehead atoms. The van der Waals surface area contributed by atoms with E-state index in [1.165, 1.54) is 11.8 Å². The Labute approximate surface area is 221 Å². The van der Waals surface area contributed by atoms with Crippen molar-refractivity contribution in [2.24, 2.45) is 4.99 Å². The first-order valence-corrected chi connectivity index (χ1v) is 13.5. The highest BCUT2D eigenvalue weighted by molar-refractivity contribution is 8.16. The number of carbonyl (C=O) groups excluding carboxylic acids is 2. The highest BCUT2D eigenvalue weighted by atomic mass is 32.2. The van der Waals surface area contributed by atoms with Crippen LogP contribution in [0.5, 0.6) is 0 Å². The second-order valence-corrected chi connectivity index (χ2v) is 10.1. The zero-order valence-electron chi connectivity index (χ0n) is 21.4. The van der Waals surface area contributed by atoms with E-state index in [1.807, 2.05) is 54.5 Å². The van der Waals surface area contributed by atoms with E-state index in [0.29, 0.717) is 37.6 Å². The lowest BCUT2D eigenvalue weighted by atomic mass is 9.88. The third kappa shape index (κ3) is 5.08. The number of amides is 1. The monoisotopic (exact) mass is 517 g/mol. The summed E-state index contributed by atoms with van der Waals surface area (Å²) in [6, 6.07) is 15.5. The lowest BCUT2D eigenvalue weighted by Crippen LogP contribution is -2.42. The molecule has 0 radical (unpaired) electrons. The summed E-state index contributed by atoms with van der Waals surface area (Å²) in [5.74, 6) is -0.350. The minimum Gasteiger partial charge on any atom is -0.463 e. The number of ether oxygens (including phenoxy) is 2. The zero-order chi connectivity index (χ0) is 25.9. The predicted molar refractivity (Wildman–Crippen MR) is 146 cm³/mol. The van der Waals surface area contributed by atoms with E-state index in [0.717, 1.165) is 33.1 Å². The zero-order valence-corrected chi connectivity index (χ0v) is 22.2. The maximum Gasteiger partial charge on any atom is 0.338 e. The fourth-order valence-corrected chi connectivity index (χ4v) is 5.84. The summed E-state index contributed by atoms with van der Waals surface area (Å²) >= 11 is 1.49. The van der Waals surface area contributed by atoms with Gasteiger partial charge in [0.25, 0.3) is 0 Å². The maximum absolute atomic E-state index is 13.6. The van der Waals surface area contributed by atoms with Crippen LogP contribution in [0, 0.1) is 13.8 Å². The van der Waals surface area contributed by atoms with Gasteiger partial charge < -0.3 is 19.3 Å². The molecule has 192 valence electrons. The van der Waals surface area contributed by atoms with Gasteiger partial charge in [0.2, 0.25) is 5.91 Å². The number of hydrogen-bond donors (Lipinski definition) is 0. The van der Waals surface area contributed by atoms with E-state index >= 15 is 0 Å². The van der Waals surface area contributed by atoms with Crippen LogP contribution in [0.1, 0.15) is 41.6 Å². The standard InChI is InChI=1S/C29H31N3O4S/c1-4-36-28(34)25-26(21-8-6-5-7-9-21)30-29-32(27(25)23-16-19(2)10-11-20(23)3)22(18-37-29)17-24(33)31-12-14-35-15-13-31/h5-11,16,18,27H,4,12-15,17H2,1-3H3/t27-/m1/s1. The Hall–Kier alpha value is -3.36. The number of nitrogens with zero attached hydrogens (tertiary/aromatic N) is 3. The molecule has 1 atom stereocenters. The lowest BCUT2D eigenvalue weighted by Gasteiger charge is -2.38. The average molecular weight is 518 g/mol. The Kier molecular flexibility index (Phi) is 7.48. The molecule has 0 aromatic heterocycles. The molecular formula is C29H31N3O4S. The minimum absolute atomic E-state index is 0.0478. The molecule has 1 amide bonds. The van der Waals surface area contributed by atoms with Gasteiger partial charge in [-0.3, -0.25) is 4.79 Å². The Morgan fingerprint density at radius 3 is 2.59 bits per heavy atom. The summed E-state index contributed by atoms with van der Waals surface area (Å²) in [6.07, 6.45) is 0.226. The van der Waals surface area contributed by atoms with Crippen molar-refractivity contribution in [3.05, 3.63) is 87.5 Å². The molecule has 37 heavy (non-hydrogen) atoms. The number of carbonyl (C=O) groups is 2. The van der Waals surface area contributed by atoms with Crippen molar-refractivity contribution in [3.8, 4) is 0 Å². The summed E-state index contributed by atoms with van der Waals surface area (Å²) in [5.41, 5.74) is 5.93. The molecule has 5 rings (SSSR count). The largest absolute Gasteiger partial charge is 0.463 e. The number of esters is 1. The fourth-order valence-electron chi connectivity index (χ4n) is 4.92. The van der Waals surface area contributed by atoms with Crippen molar-refractivity contribution in [2.75, 3.05) is 32.9 Å². The third-order valence-corrected chi connectivity index (χ3v) is 7.67. The van der Waals surface area contributed by atoms with Gasteiger partial charge in [0.05, 0.1) is 43.6 Å². The predicted octanol–water partition coefficient (Wildman–Crippen LogP) is 4.83. The van der Waals surface area contributed by atoms with Gasteiger partial charge in [-0.05, 0) is 37.3 Å². The van der Waals surface area contributed by atoms with Crippen LogP contribution in [0.4, 0.5) is 0 Å². The highest BCUT2D eigenvalue weighted by Crippen LogP contribution is 2.47. The summed E-state index contributed by atoms with van der Waals surface area (Å²) < 4.78 is 11.0. The van der Waals surface area contributed by atoms with Crippen LogP contribution in [0.15, 0.2) is 70.2 Å². The number of morpholine rings is 1. The number of aryl methyl sites for hydroxylation is 2. The SMILES string of the molecule is CCOC(=O)C1=C(c2ccccc2)N=C2SC=C(CC(=O)N3CCOCC3)N2[C@@H]1c1cc(C)ccc1C. The average Bonchev–Trinajstić information content (AvgIpc) is 3.32. The Balaban J connectivity index is 1.64. The fraction of sp³-hybridized carbons (Fsp3) is 0.345. The molecule has 3 aliphatic heterocycles. The number of amidine groups is 1. The van der Waals surface area contributed by atoms with Gasteiger partial charge in [-0.1, -0.05) is 65.9 Å². The molecule has 3 aliphatic rings. The van der Waals surface area contributed by atoms with Crippen LogP contribution >= 0.6 is 11.8 Å². The van der Waals surface area contributed by atoms with Crippen LogP contribution in [-0.2, 0) is 19.1 Å². The number of fused-ring (bicyclic) bond motifs is 1. The molecule has 2 aromatic rings. The van der Waals surface area contributed by atoms with Crippen LogP contribution < -0.4 is 0 Å². The number of hydrogen-bond acceptors (Lipinski definition) is 7. The van der Waals surface area contributed by atoms with Crippen molar-refractivity contribution in [1.82, 2.24) is 9.80 Å². The second-order valence-electron chi connectivity index (χ2n) is 9.27. The van der Waals surface area contributed by atoms with Crippen molar-refractivity contribution in [3.63, 3.8) is 0 Å². The number of thioether (sulfide) groups is 1. The molecule has 3 heterocycles. The van der Waals surface area contributed by atoms with Gasteiger partial charge in [-0.15, -0.1) is 0 Å². The van der Waals surface area contributed by atoms with Gasteiger partial charge >= 0.3 is 5.97 Å². The highest BCUT2D eigenvalue weighted by Gasteiger charge is 2.43. The summed E-state index contributed by atoms with van der Waals surface area (Å²) in [5, 5.41) is 2.74. The van der Waals surface area contributed by atoms with E-state index in [1.54, 1.807) is 0 Å². The van der Waals surface area contributed by atoms with Crippen LogP contribution in [0.3, 0.4) is 0 Å². The van der Waals surface area contributed by atoms with Crippen LogP contribution in [0.2, 0.25) is 0 Å². The molecule has 1 saturated heterocycles. The minimum atomic E-state index is -0.472.